The van der Waals surface area contributed by atoms with E-state index in [2.05, 4.69) is 5.32 Å². The molecule has 1 N–H and O–H groups in total. The van der Waals surface area contributed by atoms with E-state index in [4.69, 9.17) is 4.74 Å². The van der Waals surface area contributed by atoms with Crippen LogP contribution < -0.4 is 5.32 Å². The van der Waals surface area contributed by atoms with E-state index in [-0.39, 0.29) is 11.8 Å². The first-order chi connectivity index (χ1) is 12.2. The molecule has 0 radical (unpaired) electrons. The number of benzene rings is 2. The molecule has 0 fully saturated rings. The average molecular weight is 338 g/mol. The van der Waals surface area contributed by atoms with Crippen LogP contribution in [0.25, 0.3) is 0 Å². The van der Waals surface area contributed by atoms with Crippen LogP contribution in [0.1, 0.15) is 22.7 Å². The van der Waals surface area contributed by atoms with Gasteiger partial charge < -0.3 is 15.0 Å². The average Bonchev–Trinajstić information content (AvgIpc) is 2.63. The normalized spacial score (nSPS) is 16.4. The minimum absolute atomic E-state index is 0.0329. The molecule has 1 aliphatic rings. The third kappa shape index (κ3) is 3.88. The molecule has 130 valence electrons. The fourth-order valence-corrected chi connectivity index (χ4v) is 3.15. The van der Waals surface area contributed by atoms with Crippen LogP contribution in [0.5, 0.6) is 0 Å². The molecule has 5 nitrogen and oxygen atoms in total. The van der Waals surface area contributed by atoms with Crippen molar-refractivity contribution in [1.29, 1.82) is 0 Å². The van der Waals surface area contributed by atoms with Crippen LogP contribution in [0.2, 0.25) is 0 Å². The Balaban J connectivity index is 1.90. The predicted molar refractivity (Wildman–Crippen MR) is 94.8 cm³/mol. The predicted octanol–water partition coefficient (Wildman–Crippen LogP) is 2.08. The number of hydrogen-bond donors (Lipinski definition) is 1. The van der Waals surface area contributed by atoms with Gasteiger partial charge in [0, 0.05) is 20.2 Å². The summed E-state index contributed by atoms with van der Waals surface area (Å²) in [5, 5.41) is 2.87. The largest absolute Gasteiger partial charge is 0.383 e. The van der Waals surface area contributed by atoms with E-state index in [1.165, 1.54) is 0 Å². The van der Waals surface area contributed by atoms with Gasteiger partial charge in [-0.3, -0.25) is 9.59 Å². The van der Waals surface area contributed by atoms with Gasteiger partial charge in [0.25, 0.3) is 0 Å². The summed E-state index contributed by atoms with van der Waals surface area (Å²) < 4.78 is 5.00. The van der Waals surface area contributed by atoms with Crippen LogP contribution in [0, 0.1) is 0 Å². The van der Waals surface area contributed by atoms with Gasteiger partial charge in [0.05, 0.1) is 13.0 Å². The molecule has 0 saturated heterocycles. The van der Waals surface area contributed by atoms with E-state index >= 15 is 0 Å². The summed E-state index contributed by atoms with van der Waals surface area (Å²) in [5.74, 6) is -0.206. The van der Waals surface area contributed by atoms with Crippen molar-refractivity contribution < 1.29 is 14.3 Å². The maximum atomic E-state index is 12.8. The number of methoxy groups -OCH3 is 1. The number of rotatable bonds is 6. The third-order valence-corrected chi connectivity index (χ3v) is 4.37. The van der Waals surface area contributed by atoms with Crippen LogP contribution in [0.3, 0.4) is 0 Å². The van der Waals surface area contributed by atoms with Gasteiger partial charge in [0.2, 0.25) is 11.8 Å². The lowest BCUT2D eigenvalue weighted by atomic mass is 9.91. The zero-order valence-electron chi connectivity index (χ0n) is 14.3. The lowest BCUT2D eigenvalue weighted by Crippen LogP contribution is -2.47. The Kier molecular flexibility index (Phi) is 5.46. The number of amides is 2. The standard InChI is InChI=1S/C20H22N2O3/c1-25-12-11-21-20(24)19-17-10-6-5-9-16(17)13-18(23)22(19)14-15-7-3-2-4-8-15/h2-10,19H,11-14H2,1H3,(H,21,24)/t19-/m0/s1. The van der Waals surface area contributed by atoms with Crippen LogP contribution in [-0.2, 0) is 27.3 Å². The first-order valence-corrected chi connectivity index (χ1v) is 8.38. The molecule has 0 aromatic heterocycles. The lowest BCUT2D eigenvalue weighted by Gasteiger charge is -2.36. The van der Waals surface area contributed by atoms with Gasteiger partial charge in [-0.05, 0) is 16.7 Å². The summed E-state index contributed by atoms with van der Waals surface area (Å²) >= 11 is 0. The van der Waals surface area contributed by atoms with Gasteiger partial charge in [-0.25, -0.2) is 0 Å². The Labute approximate surface area is 147 Å². The number of ether oxygens (including phenoxy) is 1. The SMILES string of the molecule is COCCNC(=O)[C@@H]1c2ccccc2CC(=O)N1Cc1ccccc1. The molecule has 2 amide bonds. The Morgan fingerprint density at radius 3 is 2.64 bits per heavy atom. The molecule has 1 heterocycles. The van der Waals surface area contributed by atoms with Crippen molar-refractivity contribution in [2.45, 2.75) is 19.0 Å². The van der Waals surface area contributed by atoms with Crippen molar-refractivity contribution in [2.24, 2.45) is 0 Å². The molecule has 2 aromatic carbocycles. The first kappa shape index (κ1) is 17.2. The lowest BCUT2D eigenvalue weighted by molar-refractivity contribution is -0.142. The Morgan fingerprint density at radius 2 is 1.88 bits per heavy atom. The van der Waals surface area contributed by atoms with Gasteiger partial charge in [-0.2, -0.15) is 0 Å². The zero-order chi connectivity index (χ0) is 17.6. The summed E-state index contributed by atoms with van der Waals surface area (Å²) in [6.45, 7) is 1.27. The minimum atomic E-state index is -0.616. The van der Waals surface area contributed by atoms with E-state index in [9.17, 15) is 9.59 Å². The molecule has 1 aliphatic heterocycles. The second-order valence-corrected chi connectivity index (χ2v) is 6.07. The van der Waals surface area contributed by atoms with E-state index in [1.54, 1.807) is 12.0 Å². The second kappa shape index (κ2) is 7.94. The summed E-state index contributed by atoms with van der Waals surface area (Å²) in [6, 6.07) is 16.8. The fourth-order valence-electron chi connectivity index (χ4n) is 3.15. The summed E-state index contributed by atoms with van der Waals surface area (Å²) in [6.07, 6.45) is 0.324. The summed E-state index contributed by atoms with van der Waals surface area (Å²) in [4.78, 5) is 27.2. The number of nitrogens with zero attached hydrogens (tertiary/aromatic N) is 1. The number of carbonyl (C=O) groups is 2. The van der Waals surface area contributed by atoms with Gasteiger partial charge in [-0.15, -0.1) is 0 Å². The van der Waals surface area contributed by atoms with Crippen LogP contribution in [-0.4, -0.2) is 37.0 Å². The van der Waals surface area contributed by atoms with Crippen LogP contribution in [0.4, 0.5) is 0 Å². The smallest absolute Gasteiger partial charge is 0.247 e. The quantitative estimate of drug-likeness (QED) is 0.821. The maximum absolute atomic E-state index is 12.8. The van der Waals surface area contributed by atoms with Crippen molar-refractivity contribution >= 4 is 11.8 Å². The van der Waals surface area contributed by atoms with Crippen LogP contribution >= 0.6 is 0 Å². The van der Waals surface area contributed by atoms with Crippen molar-refractivity contribution in [3.05, 3.63) is 71.3 Å². The Morgan fingerprint density at radius 1 is 1.16 bits per heavy atom. The molecule has 1 atom stereocenters. The molecule has 5 heteroatoms. The molecule has 0 bridgehead atoms. The second-order valence-electron chi connectivity index (χ2n) is 6.07. The molecule has 2 aromatic rings. The summed E-state index contributed by atoms with van der Waals surface area (Å²) in [5.41, 5.74) is 2.82. The van der Waals surface area contributed by atoms with Crippen molar-refractivity contribution in [3.63, 3.8) is 0 Å². The highest BCUT2D eigenvalue weighted by Crippen LogP contribution is 2.31. The van der Waals surface area contributed by atoms with E-state index in [0.29, 0.717) is 26.1 Å². The highest BCUT2D eigenvalue weighted by molar-refractivity contribution is 5.92. The monoisotopic (exact) mass is 338 g/mol. The number of hydrogen-bond acceptors (Lipinski definition) is 3. The number of nitrogens with one attached hydrogen (secondary N) is 1. The molecule has 0 unspecified atom stereocenters. The molecule has 0 spiro atoms. The first-order valence-electron chi connectivity index (χ1n) is 8.38. The van der Waals surface area contributed by atoms with E-state index in [1.807, 2.05) is 54.6 Å². The number of carbonyl (C=O) groups excluding carboxylic acids is 2. The highest BCUT2D eigenvalue weighted by Gasteiger charge is 2.36. The molecule has 0 saturated carbocycles. The third-order valence-electron chi connectivity index (χ3n) is 4.37. The molecule has 25 heavy (non-hydrogen) atoms. The van der Waals surface area contributed by atoms with Gasteiger partial charge in [-0.1, -0.05) is 54.6 Å². The van der Waals surface area contributed by atoms with Crippen molar-refractivity contribution in [1.82, 2.24) is 10.2 Å². The summed E-state index contributed by atoms with van der Waals surface area (Å²) in [7, 11) is 1.59. The Hall–Kier alpha value is -2.66. The topological polar surface area (TPSA) is 58.6 Å². The van der Waals surface area contributed by atoms with Gasteiger partial charge >= 0.3 is 0 Å². The van der Waals surface area contributed by atoms with Gasteiger partial charge in [0.1, 0.15) is 6.04 Å². The van der Waals surface area contributed by atoms with Crippen molar-refractivity contribution in [3.8, 4) is 0 Å². The molecule has 3 rings (SSSR count). The van der Waals surface area contributed by atoms with Crippen molar-refractivity contribution in [2.75, 3.05) is 20.3 Å². The number of fused-ring (bicyclic) bond motifs is 1. The van der Waals surface area contributed by atoms with Gasteiger partial charge in [0.15, 0.2) is 0 Å². The molecular formula is C20H22N2O3. The van der Waals surface area contributed by atoms with E-state index < -0.39 is 6.04 Å². The van der Waals surface area contributed by atoms with E-state index in [0.717, 1.165) is 16.7 Å². The fraction of sp³-hybridized carbons (Fsp3) is 0.300. The molecular weight excluding hydrogens is 316 g/mol. The minimum Gasteiger partial charge on any atom is -0.383 e. The maximum Gasteiger partial charge on any atom is 0.247 e. The zero-order valence-corrected chi connectivity index (χ0v) is 14.3. The molecule has 0 aliphatic carbocycles. The van der Waals surface area contributed by atoms with Crippen LogP contribution in [0.15, 0.2) is 54.6 Å². The Bertz CT molecular complexity index is 746. The highest BCUT2D eigenvalue weighted by atomic mass is 16.5.